The van der Waals surface area contributed by atoms with Crippen molar-refractivity contribution in [3.63, 3.8) is 0 Å². The fourth-order valence-corrected chi connectivity index (χ4v) is 3.71. The van der Waals surface area contributed by atoms with Crippen molar-refractivity contribution < 1.29 is 14.3 Å². The fourth-order valence-electron chi connectivity index (χ4n) is 3.71. The second kappa shape index (κ2) is 5.37. The van der Waals surface area contributed by atoms with Crippen LogP contribution in [-0.4, -0.2) is 41.4 Å². The van der Waals surface area contributed by atoms with Crippen molar-refractivity contribution in [1.82, 2.24) is 9.47 Å². The predicted octanol–water partition coefficient (Wildman–Crippen LogP) is 1.72. The number of ether oxygens (including phenoxy) is 2. The molecule has 0 aromatic carbocycles. The van der Waals surface area contributed by atoms with Gasteiger partial charge in [-0.05, 0) is 25.7 Å². The van der Waals surface area contributed by atoms with Gasteiger partial charge in [0.05, 0.1) is 18.8 Å². The minimum Gasteiger partial charge on any atom is -0.487 e. The highest BCUT2D eigenvalue weighted by atomic mass is 16.5. The zero-order chi connectivity index (χ0) is 16.0. The Balaban J connectivity index is 1.81. The molecule has 3 heterocycles. The fraction of sp³-hybridized carbons (Fsp3) is 0.647. The van der Waals surface area contributed by atoms with Crippen molar-refractivity contribution in [3.8, 4) is 5.75 Å². The van der Waals surface area contributed by atoms with Crippen molar-refractivity contribution in [2.45, 2.75) is 50.8 Å². The summed E-state index contributed by atoms with van der Waals surface area (Å²) in [5, 5.41) is 0. The van der Waals surface area contributed by atoms with E-state index in [-0.39, 0.29) is 28.9 Å². The number of carbonyl (C=O) groups is 1. The van der Waals surface area contributed by atoms with Gasteiger partial charge in [0.2, 0.25) is 5.43 Å². The maximum Gasteiger partial charge on any atom is 0.276 e. The smallest absolute Gasteiger partial charge is 0.276 e. The number of pyridine rings is 1. The lowest BCUT2D eigenvalue weighted by atomic mass is 10.0. The average molecular weight is 318 g/mol. The summed E-state index contributed by atoms with van der Waals surface area (Å²) in [5.74, 6) is 0.0673. The van der Waals surface area contributed by atoms with Crippen LogP contribution in [0.15, 0.2) is 17.1 Å². The molecule has 1 aliphatic carbocycles. The third-order valence-electron chi connectivity index (χ3n) is 5.07. The number of aromatic nitrogens is 1. The van der Waals surface area contributed by atoms with Crippen molar-refractivity contribution >= 4 is 5.91 Å². The monoisotopic (exact) mass is 318 g/mol. The third kappa shape index (κ3) is 2.11. The summed E-state index contributed by atoms with van der Waals surface area (Å²) in [7, 11) is 0. The quantitative estimate of drug-likeness (QED) is 0.793. The largest absolute Gasteiger partial charge is 0.487 e. The van der Waals surface area contributed by atoms with Gasteiger partial charge in [-0.3, -0.25) is 9.59 Å². The van der Waals surface area contributed by atoms with Crippen LogP contribution in [-0.2, 0) is 10.3 Å². The summed E-state index contributed by atoms with van der Waals surface area (Å²) >= 11 is 0. The molecule has 4 rings (SSSR count). The van der Waals surface area contributed by atoms with Crippen LogP contribution >= 0.6 is 0 Å². The van der Waals surface area contributed by atoms with E-state index in [9.17, 15) is 9.59 Å². The van der Waals surface area contributed by atoms with Crippen LogP contribution in [0.25, 0.3) is 0 Å². The van der Waals surface area contributed by atoms with Crippen LogP contribution in [0.5, 0.6) is 5.75 Å². The van der Waals surface area contributed by atoms with Crippen LogP contribution in [0.4, 0.5) is 0 Å². The van der Waals surface area contributed by atoms with Crippen LogP contribution in [0.3, 0.4) is 0 Å². The van der Waals surface area contributed by atoms with Crippen LogP contribution in [0.2, 0.25) is 0 Å². The Hall–Kier alpha value is -1.82. The molecule has 0 radical (unpaired) electrons. The number of hydrogen-bond donors (Lipinski definition) is 0. The van der Waals surface area contributed by atoms with Gasteiger partial charge in [-0.15, -0.1) is 0 Å². The van der Waals surface area contributed by atoms with Gasteiger partial charge in [-0.2, -0.15) is 0 Å². The van der Waals surface area contributed by atoms with Gasteiger partial charge in [0, 0.05) is 18.8 Å². The van der Waals surface area contributed by atoms with E-state index in [0.717, 1.165) is 32.1 Å². The second-order valence-electron chi connectivity index (χ2n) is 6.61. The van der Waals surface area contributed by atoms with Crippen LogP contribution in [0, 0.1) is 0 Å². The molecule has 1 aromatic rings. The summed E-state index contributed by atoms with van der Waals surface area (Å²) < 4.78 is 13.6. The van der Waals surface area contributed by atoms with Crippen molar-refractivity contribution in [2.24, 2.45) is 0 Å². The molecule has 0 bridgehead atoms. The van der Waals surface area contributed by atoms with E-state index in [0.29, 0.717) is 25.5 Å². The maximum absolute atomic E-state index is 13.0. The molecule has 1 atom stereocenters. The summed E-state index contributed by atoms with van der Waals surface area (Å²) in [6.45, 7) is 3.90. The molecule has 1 aromatic heterocycles. The van der Waals surface area contributed by atoms with Crippen molar-refractivity contribution in [1.29, 1.82) is 0 Å². The lowest BCUT2D eigenvalue weighted by Gasteiger charge is -2.46. The first-order chi connectivity index (χ1) is 11.2. The molecule has 2 fully saturated rings. The molecule has 124 valence electrons. The zero-order valence-electron chi connectivity index (χ0n) is 13.4. The number of hydrogen-bond acceptors (Lipinski definition) is 4. The molecule has 6 heteroatoms. The first kappa shape index (κ1) is 14.8. The molecule has 0 N–H and O–H groups in total. The first-order valence-corrected chi connectivity index (χ1v) is 8.50. The summed E-state index contributed by atoms with van der Waals surface area (Å²) in [6.07, 6.45) is 6.14. The minimum absolute atomic E-state index is 0.142. The lowest BCUT2D eigenvalue weighted by Crippen LogP contribution is -2.59. The van der Waals surface area contributed by atoms with Gasteiger partial charge in [-0.25, -0.2) is 0 Å². The van der Waals surface area contributed by atoms with E-state index < -0.39 is 0 Å². The molecule has 1 saturated heterocycles. The number of unbranched alkanes of at least 4 members (excludes halogenated alkanes) is 1. The van der Waals surface area contributed by atoms with Crippen molar-refractivity contribution in [3.05, 3.63) is 28.2 Å². The van der Waals surface area contributed by atoms with Crippen LogP contribution in [0.1, 0.15) is 49.5 Å². The molecule has 1 saturated carbocycles. The van der Waals surface area contributed by atoms with Gasteiger partial charge >= 0.3 is 0 Å². The number of fused-ring (bicyclic) bond motifs is 4. The molecule has 1 amide bonds. The summed E-state index contributed by atoms with van der Waals surface area (Å²) in [6, 6.07) is 1.51. The van der Waals surface area contributed by atoms with E-state index in [4.69, 9.17) is 9.47 Å². The normalized spacial score (nSPS) is 24.3. The maximum atomic E-state index is 13.0. The Labute approximate surface area is 135 Å². The SMILES string of the molecule is CCCCOc1c2n(ccc1=O)C1(CC1)C1OCCCN1C2=O. The minimum atomic E-state index is -0.215. The molecule has 6 nitrogen and oxygen atoms in total. The van der Waals surface area contributed by atoms with Crippen molar-refractivity contribution in [2.75, 3.05) is 19.8 Å². The van der Waals surface area contributed by atoms with Gasteiger partial charge in [0.1, 0.15) is 0 Å². The van der Waals surface area contributed by atoms with Gasteiger partial charge in [0.15, 0.2) is 17.7 Å². The third-order valence-corrected chi connectivity index (χ3v) is 5.07. The molecular weight excluding hydrogens is 296 g/mol. The summed E-state index contributed by atoms with van der Waals surface area (Å²) in [4.78, 5) is 27.1. The molecule has 1 unspecified atom stereocenters. The molecule has 1 spiro atoms. The predicted molar refractivity (Wildman–Crippen MR) is 83.7 cm³/mol. The number of rotatable bonds is 4. The zero-order valence-corrected chi connectivity index (χ0v) is 13.4. The standard InChI is InChI=1S/C17H22N2O4/c1-2-3-10-22-14-12(20)5-9-19-13(14)15(21)18-8-4-11-23-16(18)17(19)6-7-17/h5,9,16H,2-4,6-8,10-11H2,1H3. The van der Waals surface area contributed by atoms with E-state index in [2.05, 4.69) is 6.92 Å². The topological polar surface area (TPSA) is 60.8 Å². The average Bonchev–Trinajstić information content (AvgIpc) is 3.36. The first-order valence-electron chi connectivity index (χ1n) is 8.50. The number of nitrogens with zero attached hydrogens (tertiary/aromatic N) is 2. The highest BCUT2D eigenvalue weighted by molar-refractivity contribution is 5.96. The highest BCUT2D eigenvalue weighted by Gasteiger charge is 2.60. The van der Waals surface area contributed by atoms with E-state index >= 15 is 0 Å². The Morgan fingerprint density at radius 1 is 1.39 bits per heavy atom. The summed E-state index contributed by atoms with van der Waals surface area (Å²) in [5.41, 5.74) is -0.0130. The Bertz CT molecular complexity index is 692. The number of amides is 1. The molecule has 2 aliphatic heterocycles. The van der Waals surface area contributed by atoms with E-state index in [1.807, 2.05) is 4.57 Å². The highest BCUT2D eigenvalue weighted by Crippen LogP contribution is 2.53. The van der Waals surface area contributed by atoms with E-state index in [1.165, 1.54) is 6.07 Å². The van der Waals surface area contributed by atoms with E-state index in [1.54, 1.807) is 11.1 Å². The van der Waals surface area contributed by atoms with Gasteiger partial charge in [-0.1, -0.05) is 13.3 Å². The molecule has 3 aliphatic rings. The molecule has 23 heavy (non-hydrogen) atoms. The number of carbonyl (C=O) groups excluding carboxylic acids is 1. The van der Waals surface area contributed by atoms with Gasteiger partial charge in [0.25, 0.3) is 5.91 Å². The Morgan fingerprint density at radius 2 is 2.22 bits per heavy atom. The Morgan fingerprint density at radius 3 is 2.96 bits per heavy atom. The lowest BCUT2D eigenvalue weighted by molar-refractivity contribution is -0.120. The second-order valence-corrected chi connectivity index (χ2v) is 6.61. The van der Waals surface area contributed by atoms with Crippen LogP contribution < -0.4 is 10.2 Å². The van der Waals surface area contributed by atoms with Gasteiger partial charge < -0.3 is 18.9 Å². The Kier molecular flexibility index (Phi) is 3.44. The molecular formula is C17H22N2O4.